The molecule has 1 saturated carbocycles. The van der Waals surface area contributed by atoms with Gasteiger partial charge in [0.25, 0.3) is 0 Å². The van der Waals surface area contributed by atoms with Crippen molar-refractivity contribution in [3.05, 3.63) is 0 Å². The van der Waals surface area contributed by atoms with Crippen LogP contribution in [-0.4, -0.2) is 30.8 Å². The summed E-state index contributed by atoms with van der Waals surface area (Å²) in [6.07, 6.45) is 0.832. The van der Waals surface area contributed by atoms with Crippen LogP contribution in [0, 0.1) is 5.92 Å². The molecule has 92 valence electrons. The van der Waals surface area contributed by atoms with Gasteiger partial charge in [-0.3, -0.25) is 4.79 Å². The summed E-state index contributed by atoms with van der Waals surface area (Å²) < 4.78 is 9.71. The second-order valence-electron chi connectivity index (χ2n) is 5.03. The van der Waals surface area contributed by atoms with E-state index in [9.17, 15) is 9.59 Å². The number of amides is 1. The number of methoxy groups -OCH3 is 1. The maximum Gasteiger partial charge on any atom is 0.407 e. The van der Waals surface area contributed by atoms with Crippen LogP contribution in [0.15, 0.2) is 0 Å². The third kappa shape index (κ3) is 3.72. The highest BCUT2D eigenvalue weighted by Gasteiger charge is 2.36. The standard InChI is InChI=1S/C11H19NO4/c1-11(2,3)16-10(14)12-8-5-7(6-8)9(13)15-4/h7-8H,5-6H2,1-4H3,(H,12,14). The molecular weight excluding hydrogens is 210 g/mol. The van der Waals surface area contributed by atoms with Crippen LogP contribution in [0.1, 0.15) is 33.6 Å². The fourth-order valence-corrected chi connectivity index (χ4v) is 1.57. The minimum absolute atomic E-state index is 0.0268. The first-order valence-electron chi connectivity index (χ1n) is 5.39. The van der Waals surface area contributed by atoms with Crippen molar-refractivity contribution in [3.8, 4) is 0 Å². The SMILES string of the molecule is COC(=O)C1CC(NC(=O)OC(C)(C)C)C1. The van der Waals surface area contributed by atoms with E-state index in [1.165, 1.54) is 7.11 Å². The Hall–Kier alpha value is -1.26. The Morgan fingerprint density at radius 1 is 1.25 bits per heavy atom. The summed E-state index contributed by atoms with van der Waals surface area (Å²) in [5.74, 6) is -0.285. The van der Waals surface area contributed by atoms with Crippen LogP contribution in [0.25, 0.3) is 0 Å². The van der Waals surface area contributed by atoms with E-state index in [4.69, 9.17) is 4.74 Å². The van der Waals surface area contributed by atoms with E-state index >= 15 is 0 Å². The van der Waals surface area contributed by atoms with Crippen molar-refractivity contribution in [2.75, 3.05) is 7.11 Å². The zero-order valence-electron chi connectivity index (χ0n) is 10.2. The number of nitrogens with one attached hydrogen (secondary N) is 1. The lowest BCUT2D eigenvalue weighted by Gasteiger charge is -2.34. The topological polar surface area (TPSA) is 64.6 Å². The van der Waals surface area contributed by atoms with Gasteiger partial charge in [-0.2, -0.15) is 0 Å². The second-order valence-corrected chi connectivity index (χ2v) is 5.03. The first-order valence-corrected chi connectivity index (χ1v) is 5.39. The maximum atomic E-state index is 11.4. The van der Waals surface area contributed by atoms with Crippen molar-refractivity contribution in [2.24, 2.45) is 5.92 Å². The molecule has 1 amide bonds. The van der Waals surface area contributed by atoms with Gasteiger partial charge in [-0.05, 0) is 33.6 Å². The summed E-state index contributed by atoms with van der Waals surface area (Å²) in [6, 6.07) is 0.0268. The van der Waals surface area contributed by atoms with Gasteiger partial charge in [-0.15, -0.1) is 0 Å². The van der Waals surface area contributed by atoms with Gasteiger partial charge in [0.15, 0.2) is 0 Å². The molecule has 0 aromatic rings. The lowest BCUT2D eigenvalue weighted by atomic mass is 9.80. The van der Waals surface area contributed by atoms with Crippen LogP contribution in [0.4, 0.5) is 4.79 Å². The van der Waals surface area contributed by atoms with Gasteiger partial charge in [0, 0.05) is 6.04 Å². The third-order valence-corrected chi connectivity index (χ3v) is 2.39. The van der Waals surface area contributed by atoms with Gasteiger partial charge in [0.2, 0.25) is 0 Å². The van der Waals surface area contributed by atoms with Gasteiger partial charge in [-0.25, -0.2) is 4.79 Å². The number of hydrogen-bond acceptors (Lipinski definition) is 4. The summed E-state index contributed by atoms with van der Waals surface area (Å²) in [5, 5.41) is 2.71. The predicted molar refractivity (Wildman–Crippen MR) is 57.9 cm³/mol. The molecule has 1 aliphatic rings. The van der Waals surface area contributed by atoms with E-state index in [0.29, 0.717) is 12.8 Å². The number of hydrogen-bond donors (Lipinski definition) is 1. The van der Waals surface area contributed by atoms with Crippen molar-refractivity contribution in [3.63, 3.8) is 0 Å². The molecule has 16 heavy (non-hydrogen) atoms. The lowest BCUT2D eigenvalue weighted by molar-refractivity contribution is -0.149. The summed E-state index contributed by atoms with van der Waals surface area (Å²) in [7, 11) is 1.37. The highest BCUT2D eigenvalue weighted by atomic mass is 16.6. The Balaban J connectivity index is 2.22. The summed E-state index contributed by atoms with van der Waals surface area (Å²) in [4.78, 5) is 22.4. The van der Waals surface area contributed by atoms with Crippen molar-refractivity contribution in [2.45, 2.75) is 45.3 Å². The molecule has 0 aromatic heterocycles. The quantitative estimate of drug-likeness (QED) is 0.728. The molecule has 0 aliphatic heterocycles. The normalized spacial score (nSPS) is 24.2. The van der Waals surface area contributed by atoms with E-state index in [2.05, 4.69) is 10.1 Å². The molecule has 5 heteroatoms. The van der Waals surface area contributed by atoms with Crippen LogP contribution in [0.5, 0.6) is 0 Å². The summed E-state index contributed by atoms with van der Waals surface area (Å²) in [5.41, 5.74) is -0.490. The molecule has 0 heterocycles. The number of carbonyl (C=O) groups is 2. The molecule has 0 bridgehead atoms. The van der Waals surface area contributed by atoms with Crippen molar-refractivity contribution >= 4 is 12.1 Å². The third-order valence-electron chi connectivity index (χ3n) is 2.39. The Labute approximate surface area is 95.5 Å². The molecule has 0 radical (unpaired) electrons. The Bertz CT molecular complexity index is 276. The van der Waals surface area contributed by atoms with Crippen LogP contribution >= 0.6 is 0 Å². The average Bonchev–Trinajstić information content (AvgIpc) is 2.06. The van der Waals surface area contributed by atoms with Gasteiger partial charge in [0.05, 0.1) is 13.0 Å². The molecule has 0 aromatic carbocycles. The van der Waals surface area contributed by atoms with E-state index in [0.717, 1.165) is 0 Å². The molecule has 0 atom stereocenters. The fourth-order valence-electron chi connectivity index (χ4n) is 1.57. The molecule has 0 unspecified atom stereocenters. The first kappa shape index (κ1) is 12.8. The average molecular weight is 229 g/mol. The number of carbonyl (C=O) groups excluding carboxylic acids is 2. The molecule has 1 fully saturated rings. The largest absolute Gasteiger partial charge is 0.469 e. The van der Waals surface area contributed by atoms with Gasteiger partial charge in [-0.1, -0.05) is 0 Å². The van der Waals surface area contributed by atoms with Crippen molar-refractivity contribution in [1.29, 1.82) is 0 Å². The van der Waals surface area contributed by atoms with Gasteiger partial charge in [0.1, 0.15) is 5.60 Å². The molecule has 5 nitrogen and oxygen atoms in total. The molecule has 1 aliphatic carbocycles. The maximum absolute atomic E-state index is 11.4. The molecule has 1 rings (SSSR count). The van der Waals surface area contributed by atoms with Crippen LogP contribution in [-0.2, 0) is 14.3 Å². The van der Waals surface area contributed by atoms with E-state index in [-0.39, 0.29) is 17.9 Å². The van der Waals surface area contributed by atoms with Crippen molar-refractivity contribution in [1.82, 2.24) is 5.32 Å². The monoisotopic (exact) mass is 229 g/mol. The number of esters is 1. The molecule has 0 saturated heterocycles. The fraction of sp³-hybridized carbons (Fsp3) is 0.818. The smallest absolute Gasteiger partial charge is 0.407 e. The summed E-state index contributed by atoms with van der Waals surface area (Å²) in [6.45, 7) is 5.43. The molecule has 1 N–H and O–H groups in total. The highest BCUT2D eigenvalue weighted by Crippen LogP contribution is 2.28. The minimum Gasteiger partial charge on any atom is -0.469 e. The van der Waals surface area contributed by atoms with Crippen LogP contribution in [0.3, 0.4) is 0 Å². The van der Waals surface area contributed by atoms with E-state index in [1.54, 1.807) is 0 Å². The second kappa shape index (κ2) is 4.72. The zero-order valence-corrected chi connectivity index (χ0v) is 10.2. The minimum atomic E-state index is -0.490. The van der Waals surface area contributed by atoms with Crippen molar-refractivity contribution < 1.29 is 19.1 Å². The molecule has 0 spiro atoms. The number of ether oxygens (including phenoxy) is 2. The zero-order chi connectivity index (χ0) is 12.3. The van der Waals surface area contributed by atoms with Crippen LogP contribution < -0.4 is 5.32 Å². The Kier molecular flexibility index (Phi) is 3.78. The lowest BCUT2D eigenvalue weighted by Crippen LogP contribution is -2.48. The Morgan fingerprint density at radius 3 is 2.25 bits per heavy atom. The van der Waals surface area contributed by atoms with E-state index < -0.39 is 11.7 Å². The van der Waals surface area contributed by atoms with Crippen LogP contribution in [0.2, 0.25) is 0 Å². The van der Waals surface area contributed by atoms with Gasteiger partial charge < -0.3 is 14.8 Å². The first-order chi connectivity index (χ1) is 7.31. The Morgan fingerprint density at radius 2 is 1.81 bits per heavy atom. The highest BCUT2D eigenvalue weighted by molar-refractivity contribution is 5.74. The summed E-state index contributed by atoms with van der Waals surface area (Å²) >= 11 is 0. The van der Waals surface area contributed by atoms with E-state index in [1.807, 2.05) is 20.8 Å². The van der Waals surface area contributed by atoms with Gasteiger partial charge >= 0.3 is 12.1 Å². The number of rotatable bonds is 2. The predicted octanol–water partition coefficient (Wildman–Crippen LogP) is 1.46. The molecular formula is C11H19NO4. The number of alkyl carbamates (subject to hydrolysis) is 1.